The Balaban J connectivity index is 1.49. The number of hydrogen-bond donors (Lipinski definition) is 1. The maximum atomic E-state index is 13.1. The van der Waals surface area contributed by atoms with Crippen molar-refractivity contribution in [3.63, 3.8) is 0 Å². The number of rotatable bonds is 4. The van der Waals surface area contributed by atoms with Gasteiger partial charge >= 0.3 is 0 Å². The molecule has 8 heteroatoms. The average molecular weight is 435 g/mol. The molecule has 3 heterocycles. The first-order chi connectivity index (χ1) is 13.8. The lowest BCUT2D eigenvalue weighted by atomic mass is 9.89. The molecular weight excluding hydrogens is 408 g/mol. The highest BCUT2D eigenvalue weighted by atomic mass is 32.2. The number of hydrogen-bond acceptors (Lipinski definition) is 5. The van der Waals surface area contributed by atoms with Gasteiger partial charge in [0.05, 0.1) is 12.0 Å². The number of nitrogens with one attached hydrogen (secondary N) is 1. The SMILES string of the molecule is CC1(C)C[C@H](NC(=O)[C@H]2CCCN(S(=O)(=O)c3cccs3)C2)c2ccccc2O1. The molecular formula is C21H26N2O4S2. The number of benzene rings is 1. The Kier molecular flexibility index (Phi) is 5.44. The number of sulfonamides is 1. The Morgan fingerprint density at radius 3 is 2.79 bits per heavy atom. The van der Waals surface area contributed by atoms with E-state index < -0.39 is 10.0 Å². The molecule has 0 unspecified atom stereocenters. The molecule has 4 rings (SSSR count). The van der Waals surface area contributed by atoms with Gasteiger partial charge in [0.15, 0.2) is 0 Å². The van der Waals surface area contributed by atoms with E-state index in [2.05, 4.69) is 5.32 Å². The summed E-state index contributed by atoms with van der Waals surface area (Å²) in [6.07, 6.45) is 2.04. The van der Waals surface area contributed by atoms with Crippen LogP contribution < -0.4 is 10.1 Å². The third kappa shape index (κ3) is 4.20. The Bertz CT molecular complexity index is 986. The number of carbonyl (C=O) groups is 1. The highest BCUT2D eigenvalue weighted by Gasteiger charge is 2.38. The third-order valence-corrected chi connectivity index (χ3v) is 8.78. The van der Waals surface area contributed by atoms with Crippen LogP contribution in [0.5, 0.6) is 5.75 Å². The second kappa shape index (κ2) is 7.74. The van der Waals surface area contributed by atoms with Crippen molar-refractivity contribution in [1.29, 1.82) is 0 Å². The van der Waals surface area contributed by atoms with Gasteiger partial charge in [-0.2, -0.15) is 4.31 Å². The molecule has 2 atom stereocenters. The van der Waals surface area contributed by atoms with Crippen LogP contribution in [0.1, 0.15) is 44.7 Å². The van der Waals surface area contributed by atoms with Crippen LogP contribution in [0.4, 0.5) is 0 Å². The maximum absolute atomic E-state index is 13.1. The number of carbonyl (C=O) groups excluding carboxylic acids is 1. The van der Waals surface area contributed by atoms with Gasteiger partial charge in [-0.25, -0.2) is 8.42 Å². The molecule has 1 fully saturated rings. The minimum atomic E-state index is -3.53. The molecule has 0 bridgehead atoms. The summed E-state index contributed by atoms with van der Waals surface area (Å²) in [6, 6.07) is 11.0. The van der Waals surface area contributed by atoms with E-state index in [9.17, 15) is 13.2 Å². The maximum Gasteiger partial charge on any atom is 0.252 e. The molecule has 2 aliphatic heterocycles. The zero-order chi connectivity index (χ0) is 20.6. The first-order valence-corrected chi connectivity index (χ1v) is 12.2. The number of para-hydroxylation sites is 1. The standard InChI is InChI=1S/C21H26N2O4S2/c1-21(2)13-17(16-8-3-4-9-18(16)27-21)22-20(24)15-7-5-11-23(14-15)29(25,26)19-10-6-12-28-19/h3-4,6,8-10,12,15,17H,5,7,11,13-14H2,1-2H3,(H,22,24)/t15-,17-/m0/s1. The predicted molar refractivity (Wildman–Crippen MR) is 112 cm³/mol. The average Bonchev–Trinajstić information content (AvgIpc) is 3.23. The summed E-state index contributed by atoms with van der Waals surface area (Å²) in [7, 11) is -3.53. The molecule has 2 aliphatic rings. The first-order valence-electron chi connectivity index (χ1n) is 9.88. The summed E-state index contributed by atoms with van der Waals surface area (Å²) in [5.74, 6) is 0.352. The van der Waals surface area contributed by atoms with Crippen LogP contribution in [-0.4, -0.2) is 37.3 Å². The minimum Gasteiger partial charge on any atom is -0.487 e. The van der Waals surface area contributed by atoms with Crippen molar-refractivity contribution in [3.05, 3.63) is 47.3 Å². The van der Waals surface area contributed by atoms with E-state index in [0.717, 1.165) is 11.3 Å². The Morgan fingerprint density at radius 2 is 2.03 bits per heavy atom. The molecule has 1 N–H and O–H groups in total. The van der Waals surface area contributed by atoms with Crippen molar-refractivity contribution >= 4 is 27.3 Å². The molecule has 0 radical (unpaired) electrons. The minimum absolute atomic E-state index is 0.0893. The fourth-order valence-electron chi connectivity index (χ4n) is 4.13. The smallest absolute Gasteiger partial charge is 0.252 e. The van der Waals surface area contributed by atoms with Crippen molar-refractivity contribution in [2.45, 2.75) is 49.0 Å². The molecule has 1 aromatic heterocycles. The number of nitrogens with zero attached hydrogens (tertiary/aromatic N) is 1. The summed E-state index contributed by atoms with van der Waals surface area (Å²) >= 11 is 1.21. The molecule has 29 heavy (non-hydrogen) atoms. The largest absolute Gasteiger partial charge is 0.487 e. The molecule has 1 aromatic carbocycles. The fourth-order valence-corrected chi connectivity index (χ4v) is 6.80. The van der Waals surface area contributed by atoms with E-state index in [-0.39, 0.29) is 30.0 Å². The fraction of sp³-hybridized carbons (Fsp3) is 0.476. The monoisotopic (exact) mass is 434 g/mol. The zero-order valence-electron chi connectivity index (χ0n) is 16.6. The Morgan fingerprint density at radius 1 is 1.24 bits per heavy atom. The van der Waals surface area contributed by atoms with Gasteiger partial charge in [0.25, 0.3) is 10.0 Å². The molecule has 1 saturated heterocycles. The van der Waals surface area contributed by atoms with Crippen molar-refractivity contribution < 1.29 is 17.9 Å². The van der Waals surface area contributed by atoms with Crippen LogP contribution in [0, 0.1) is 5.92 Å². The second-order valence-electron chi connectivity index (χ2n) is 8.30. The van der Waals surface area contributed by atoms with Gasteiger partial charge in [0.1, 0.15) is 15.6 Å². The molecule has 0 spiro atoms. The van der Waals surface area contributed by atoms with E-state index in [1.807, 2.05) is 38.1 Å². The second-order valence-corrected chi connectivity index (χ2v) is 11.4. The van der Waals surface area contributed by atoms with Gasteiger partial charge in [-0.15, -0.1) is 11.3 Å². The van der Waals surface area contributed by atoms with Crippen LogP contribution >= 0.6 is 11.3 Å². The van der Waals surface area contributed by atoms with Gasteiger partial charge in [0.2, 0.25) is 5.91 Å². The third-order valence-electron chi connectivity index (χ3n) is 5.54. The summed E-state index contributed by atoms with van der Waals surface area (Å²) < 4.78 is 33.5. The van der Waals surface area contributed by atoms with Gasteiger partial charge in [-0.3, -0.25) is 4.79 Å². The summed E-state index contributed by atoms with van der Waals surface area (Å²) in [5, 5.41) is 4.92. The molecule has 156 valence electrons. The zero-order valence-corrected chi connectivity index (χ0v) is 18.3. The van der Waals surface area contributed by atoms with Crippen LogP contribution in [0.25, 0.3) is 0 Å². The van der Waals surface area contributed by atoms with Gasteiger partial charge in [-0.1, -0.05) is 24.3 Å². The highest BCUT2D eigenvalue weighted by Crippen LogP contribution is 2.39. The molecule has 6 nitrogen and oxygen atoms in total. The Labute approximate surface area is 175 Å². The highest BCUT2D eigenvalue weighted by molar-refractivity contribution is 7.91. The van der Waals surface area contributed by atoms with Crippen LogP contribution in [-0.2, 0) is 14.8 Å². The number of fused-ring (bicyclic) bond motifs is 1. The summed E-state index contributed by atoms with van der Waals surface area (Å²) in [6.45, 7) is 4.70. The van der Waals surface area contributed by atoms with Gasteiger partial charge in [0, 0.05) is 25.1 Å². The number of thiophene rings is 1. The lowest BCUT2D eigenvalue weighted by Gasteiger charge is -2.39. The van der Waals surface area contributed by atoms with E-state index >= 15 is 0 Å². The van der Waals surface area contributed by atoms with Crippen LogP contribution in [0.2, 0.25) is 0 Å². The molecule has 0 saturated carbocycles. The number of amides is 1. The predicted octanol–water partition coefficient (Wildman–Crippen LogP) is 3.57. The number of ether oxygens (including phenoxy) is 1. The van der Waals surface area contributed by atoms with E-state index in [1.165, 1.54) is 15.6 Å². The lowest BCUT2D eigenvalue weighted by Crippen LogP contribution is -2.47. The van der Waals surface area contributed by atoms with Crippen molar-refractivity contribution in [2.75, 3.05) is 13.1 Å². The van der Waals surface area contributed by atoms with Crippen molar-refractivity contribution in [3.8, 4) is 5.75 Å². The quantitative estimate of drug-likeness (QED) is 0.798. The van der Waals surface area contributed by atoms with Crippen LogP contribution in [0.15, 0.2) is 46.0 Å². The van der Waals surface area contributed by atoms with Crippen molar-refractivity contribution in [1.82, 2.24) is 9.62 Å². The topological polar surface area (TPSA) is 75.7 Å². The molecule has 0 aliphatic carbocycles. The van der Waals surface area contributed by atoms with Gasteiger partial charge < -0.3 is 10.1 Å². The van der Waals surface area contributed by atoms with Crippen molar-refractivity contribution in [2.24, 2.45) is 5.92 Å². The molecule has 1 amide bonds. The number of piperidine rings is 1. The van der Waals surface area contributed by atoms with E-state index in [4.69, 9.17) is 4.74 Å². The summed E-state index contributed by atoms with van der Waals surface area (Å²) in [5.41, 5.74) is 0.590. The van der Waals surface area contributed by atoms with Crippen LogP contribution in [0.3, 0.4) is 0 Å². The van der Waals surface area contributed by atoms with E-state index in [1.54, 1.807) is 17.5 Å². The summed E-state index contributed by atoms with van der Waals surface area (Å²) in [4.78, 5) is 13.1. The molecule has 2 aromatic rings. The van der Waals surface area contributed by atoms with Gasteiger partial charge in [-0.05, 0) is 44.2 Å². The first kappa shape index (κ1) is 20.4. The van der Waals surface area contributed by atoms with E-state index in [0.29, 0.717) is 30.0 Å². The lowest BCUT2D eigenvalue weighted by molar-refractivity contribution is -0.127. The normalized spacial score (nSPS) is 24.3. The Hall–Kier alpha value is -1.90.